The molecule has 0 saturated heterocycles. The normalized spacial score (nSPS) is 18.4. The highest BCUT2D eigenvalue weighted by molar-refractivity contribution is 9.10. The van der Waals surface area contributed by atoms with Crippen LogP contribution in [0.5, 0.6) is 0 Å². The maximum atomic E-state index is 4.36. The number of aryl methyl sites for hydroxylation is 1. The monoisotopic (exact) mass is 359 g/mol. The molecular weight excluding hydrogens is 334 g/mol. The minimum Gasteiger partial charge on any atom is -0.308 e. The molecule has 0 spiro atoms. The number of thioether (sulfide) groups is 1. The van der Waals surface area contributed by atoms with Crippen molar-refractivity contribution in [3.8, 4) is 0 Å². The van der Waals surface area contributed by atoms with Crippen LogP contribution in [0.3, 0.4) is 0 Å². The zero-order valence-corrected chi connectivity index (χ0v) is 15.0. The van der Waals surface area contributed by atoms with Gasteiger partial charge in [0.25, 0.3) is 0 Å². The number of halogens is 1. The Morgan fingerprint density at radius 1 is 1.45 bits per heavy atom. The predicted octanol–water partition coefficient (Wildman–Crippen LogP) is 4.29. The second-order valence-electron chi connectivity index (χ2n) is 5.60. The van der Waals surface area contributed by atoms with E-state index in [1.54, 1.807) is 0 Å². The highest BCUT2D eigenvalue weighted by Gasteiger charge is 2.21. The van der Waals surface area contributed by atoms with Crippen LogP contribution in [0.1, 0.15) is 57.2 Å². The second-order valence-corrected chi connectivity index (χ2v) is 7.79. The van der Waals surface area contributed by atoms with Gasteiger partial charge in [-0.05, 0) is 41.7 Å². The van der Waals surface area contributed by atoms with Crippen LogP contribution < -0.4 is 5.32 Å². The summed E-state index contributed by atoms with van der Waals surface area (Å²) in [5, 5.41) is 8.90. The van der Waals surface area contributed by atoms with Crippen molar-refractivity contribution in [1.82, 2.24) is 15.1 Å². The molecule has 1 fully saturated rings. The number of nitrogens with zero attached hydrogens (tertiary/aromatic N) is 2. The number of aromatic nitrogens is 2. The Morgan fingerprint density at radius 2 is 2.20 bits per heavy atom. The summed E-state index contributed by atoms with van der Waals surface area (Å²) in [6, 6.07) is 0.392. The molecule has 5 heteroatoms. The number of rotatable bonds is 7. The Balaban J connectivity index is 1.96. The number of nitrogens with one attached hydrogen (secondary N) is 1. The number of hydrogen-bond donors (Lipinski definition) is 1. The summed E-state index contributed by atoms with van der Waals surface area (Å²) in [5.74, 6) is 1.14. The van der Waals surface area contributed by atoms with Crippen LogP contribution in [0, 0.1) is 0 Å². The fourth-order valence-electron chi connectivity index (χ4n) is 2.83. The van der Waals surface area contributed by atoms with Crippen molar-refractivity contribution in [3.05, 3.63) is 16.4 Å². The molecule has 0 radical (unpaired) electrons. The van der Waals surface area contributed by atoms with Gasteiger partial charge >= 0.3 is 0 Å². The summed E-state index contributed by atoms with van der Waals surface area (Å²) in [6.45, 7) is 3.28. The summed E-state index contributed by atoms with van der Waals surface area (Å²) >= 11 is 5.79. The first-order valence-electron chi connectivity index (χ1n) is 7.74. The third kappa shape index (κ3) is 4.50. The van der Waals surface area contributed by atoms with Crippen LogP contribution in [-0.2, 0) is 7.05 Å². The van der Waals surface area contributed by atoms with Crippen molar-refractivity contribution in [2.45, 2.75) is 56.7 Å². The molecule has 1 saturated carbocycles. The molecule has 1 atom stereocenters. The van der Waals surface area contributed by atoms with Crippen LogP contribution in [0.2, 0.25) is 0 Å². The fraction of sp³-hybridized carbons (Fsp3) is 0.800. The summed E-state index contributed by atoms with van der Waals surface area (Å²) in [5.41, 5.74) is 1.28. The van der Waals surface area contributed by atoms with Gasteiger partial charge in [0.05, 0.1) is 22.4 Å². The van der Waals surface area contributed by atoms with Crippen molar-refractivity contribution in [1.29, 1.82) is 0 Å². The van der Waals surface area contributed by atoms with Gasteiger partial charge in [-0.2, -0.15) is 16.9 Å². The van der Waals surface area contributed by atoms with Crippen LogP contribution in [0.15, 0.2) is 10.7 Å². The highest BCUT2D eigenvalue weighted by atomic mass is 79.9. The van der Waals surface area contributed by atoms with E-state index in [4.69, 9.17) is 0 Å². The first-order chi connectivity index (χ1) is 9.72. The summed E-state index contributed by atoms with van der Waals surface area (Å²) in [4.78, 5) is 0. The molecule has 114 valence electrons. The summed E-state index contributed by atoms with van der Waals surface area (Å²) in [6.07, 6.45) is 10.1. The Kier molecular flexibility index (Phi) is 6.91. The Labute approximate surface area is 135 Å². The molecule has 1 aliphatic rings. The van der Waals surface area contributed by atoms with E-state index in [0.29, 0.717) is 6.04 Å². The number of hydrogen-bond acceptors (Lipinski definition) is 3. The Morgan fingerprint density at radius 3 is 2.80 bits per heavy atom. The van der Waals surface area contributed by atoms with Gasteiger partial charge in [-0.25, -0.2) is 0 Å². The molecule has 3 nitrogen and oxygen atoms in total. The van der Waals surface area contributed by atoms with Crippen LogP contribution in [0.4, 0.5) is 0 Å². The van der Waals surface area contributed by atoms with Crippen LogP contribution in [0.25, 0.3) is 0 Å². The smallest absolute Gasteiger partial charge is 0.0700 e. The van der Waals surface area contributed by atoms with Crippen molar-refractivity contribution in [2.24, 2.45) is 7.05 Å². The largest absolute Gasteiger partial charge is 0.308 e. The van der Waals surface area contributed by atoms with Gasteiger partial charge in [0.2, 0.25) is 0 Å². The molecule has 1 heterocycles. The van der Waals surface area contributed by atoms with Gasteiger partial charge in [0.15, 0.2) is 0 Å². The second kappa shape index (κ2) is 8.44. The van der Waals surface area contributed by atoms with Crippen molar-refractivity contribution in [3.63, 3.8) is 0 Å². The molecular formula is C15H26BrN3S. The minimum atomic E-state index is 0.392. The fourth-order valence-corrected chi connectivity index (χ4v) is 4.86. The van der Waals surface area contributed by atoms with Crippen molar-refractivity contribution < 1.29 is 0 Å². The maximum absolute atomic E-state index is 4.36. The summed E-state index contributed by atoms with van der Waals surface area (Å²) < 4.78 is 3.12. The molecule has 0 aliphatic heterocycles. The Bertz CT molecular complexity index is 382. The van der Waals surface area contributed by atoms with Crippen molar-refractivity contribution >= 4 is 27.7 Å². The molecule has 1 unspecified atom stereocenters. The highest BCUT2D eigenvalue weighted by Crippen LogP contribution is 2.32. The first kappa shape index (κ1) is 16.4. The zero-order chi connectivity index (χ0) is 14.4. The molecule has 1 aromatic rings. The van der Waals surface area contributed by atoms with E-state index < -0.39 is 0 Å². The van der Waals surface area contributed by atoms with Crippen LogP contribution >= 0.6 is 27.7 Å². The Hall–Kier alpha value is 0. The first-order valence-corrected chi connectivity index (χ1v) is 9.59. The zero-order valence-electron chi connectivity index (χ0n) is 12.6. The standard InChI is InChI=1S/C15H26BrN3S/c1-3-9-17-14(15-13(16)10-18-19(15)2)11-20-12-7-5-4-6-8-12/h10,12,14,17H,3-9,11H2,1-2H3. The molecule has 0 aromatic carbocycles. The molecule has 1 N–H and O–H groups in total. The predicted molar refractivity (Wildman–Crippen MR) is 91.3 cm³/mol. The van der Waals surface area contributed by atoms with Crippen molar-refractivity contribution in [2.75, 3.05) is 12.3 Å². The van der Waals surface area contributed by atoms with Gasteiger partial charge in [0.1, 0.15) is 0 Å². The lowest BCUT2D eigenvalue weighted by atomic mass is 10.0. The minimum absolute atomic E-state index is 0.392. The van der Waals surface area contributed by atoms with Gasteiger partial charge in [-0.1, -0.05) is 26.2 Å². The molecule has 2 rings (SSSR count). The van der Waals surface area contributed by atoms with Gasteiger partial charge in [-0.3, -0.25) is 4.68 Å². The third-order valence-electron chi connectivity index (χ3n) is 3.96. The lowest BCUT2D eigenvalue weighted by Gasteiger charge is -2.25. The molecule has 1 aromatic heterocycles. The maximum Gasteiger partial charge on any atom is 0.0700 e. The van der Waals surface area contributed by atoms with E-state index in [1.807, 2.05) is 17.9 Å². The van der Waals surface area contributed by atoms with E-state index >= 15 is 0 Å². The quantitative estimate of drug-likeness (QED) is 0.787. The lowest BCUT2D eigenvalue weighted by Crippen LogP contribution is -2.27. The molecule has 20 heavy (non-hydrogen) atoms. The van der Waals surface area contributed by atoms with Crippen LogP contribution in [-0.4, -0.2) is 27.3 Å². The summed E-state index contributed by atoms with van der Waals surface area (Å²) in [7, 11) is 2.03. The lowest BCUT2D eigenvalue weighted by molar-refractivity contribution is 0.509. The average molecular weight is 360 g/mol. The topological polar surface area (TPSA) is 29.9 Å². The van der Waals surface area contributed by atoms with Gasteiger partial charge in [0, 0.05) is 18.1 Å². The van der Waals surface area contributed by atoms with E-state index in [-0.39, 0.29) is 0 Å². The molecule has 0 amide bonds. The third-order valence-corrected chi connectivity index (χ3v) is 6.04. The SMILES string of the molecule is CCCNC(CSC1CCCCC1)c1c(Br)cnn1C. The average Bonchev–Trinajstić information content (AvgIpc) is 2.80. The van der Waals surface area contributed by atoms with Gasteiger partial charge < -0.3 is 5.32 Å². The van der Waals surface area contributed by atoms with E-state index in [2.05, 4.69) is 45.0 Å². The molecule has 1 aliphatic carbocycles. The van der Waals surface area contributed by atoms with E-state index in [1.165, 1.54) is 44.2 Å². The van der Waals surface area contributed by atoms with E-state index in [0.717, 1.165) is 22.0 Å². The van der Waals surface area contributed by atoms with Gasteiger partial charge in [-0.15, -0.1) is 0 Å². The van der Waals surface area contributed by atoms with E-state index in [9.17, 15) is 0 Å². The molecule has 0 bridgehead atoms.